The third kappa shape index (κ3) is 4.42. The Morgan fingerprint density at radius 2 is 2.00 bits per heavy atom. The molecule has 0 fully saturated rings. The average molecular weight is 315 g/mol. The van der Waals surface area contributed by atoms with E-state index in [1.165, 1.54) is 0 Å². The molecule has 0 amide bonds. The van der Waals surface area contributed by atoms with Crippen LogP contribution in [0.15, 0.2) is 36.5 Å². The molecule has 2 rings (SSSR count). The van der Waals surface area contributed by atoms with Crippen LogP contribution in [0.2, 0.25) is 0 Å². The zero-order chi connectivity index (χ0) is 16.7. The van der Waals surface area contributed by atoms with Gasteiger partial charge in [-0.05, 0) is 38.1 Å². The first-order chi connectivity index (χ1) is 11.2. The molecule has 1 heterocycles. The Balaban J connectivity index is 1.92. The largest absolute Gasteiger partial charge is 0.480 e. The van der Waals surface area contributed by atoms with Gasteiger partial charge < -0.3 is 10.4 Å². The number of carboxylic acids is 1. The summed E-state index contributed by atoms with van der Waals surface area (Å²) in [6, 6.07) is 9.56. The van der Waals surface area contributed by atoms with E-state index in [9.17, 15) is 9.90 Å². The first kappa shape index (κ1) is 17.2. The Bertz CT molecular complexity index is 636. The summed E-state index contributed by atoms with van der Waals surface area (Å²) < 4.78 is 0. The molecular weight excluding hydrogens is 290 g/mol. The summed E-state index contributed by atoms with van der Waals surface area (Å²) in [4.78, 5) is 17.8. The van der Waals surface area contributed by atoms with E-state index in [0.717, 1.165) is 42.6 Å². The van der Waals surface area contributed by atoms with Crippen LogP contribution in [-0.2, 0) is 4.79 Å². The van der Waals surface area contributed by atoms with Crippen molar-refractivity contribution >= 4 is 22.6 Å². The van der Waals surface area contributed by atoms with Crippen LogP contribution in [0.4, 0.5) is 5.69 Å². The van der Waals surface area contributed by atoms with E-state index in [-0.39, 0.29) is 0 Å². The number of carbonyl (C=O) groups is 1. The van der Waals surface area contributed by atoms with Crippen LogP contribution < -0.4 is 5.32 Å². The zero-order valence-electron chi connectivity index (χ0n) is 13.8. The smallest absolute Gasteiger partial charge is 0.320 e. The van der Waals surface area contributed by atoms with Gasteiger partial charge in [0.2, 0.25) is 0 Å². The first-order valence-electron chi connectivity index (χ1n) is 8.21. The van der Waals surface area contributed by atoms with Crippen LogP contribution in [0, 0.1) is 0 Å². The summed E-state index contributed by atoms with van der Waals surface area (Å²) in [6.45, 7) is 6.27. The highest BCUT2D eigenvalue weighted by Gasteiger charge is 2.22. The molecule has 1 aromatic carbocycles. The zero-order valence-corrected chi connectivity index (χ0v) is 13.8. The van der Waals surface area contributed by atoms with Crippen molar-refractivity contribution in [3.05, 3.63) is 36.5 Å². The molecule has 5 nitrogen and oxygen atoms in total. The first-order valence-corrected chi connectivity index (χ1v) is 8.21. The maximum atomic E-state index is 11.4. The van der Waals surface area contributed by atoms with Gasteiger partial charge in [-0.1, -0.05) is 32.0 Å². The van der Waals surface area contributed by atoms with E-state index in [1.54, 1.807) is 6.20 Å². The molecule has 2 aromatic rings. The molecule has 0 aliphatic carbocycles. The fourth-order valence-electron chi connectivity index (χ4n) is 2.90. The molecule has 0 aliphatic rings. The third-order valence-corrected chi connectivity index (χ3v) is 4.16. The molecular formula is C18H25N3O2. The lowest BCUT2D eigenvalue weighted by molar-refractivity contribution is -0.143. The monoisotopic (exact) mass is 315 g/mol. The van der Waals surface area contributed by atoms with Gasteiger partial charge in [-0.3, -0.25) is 14.7 Å². The number of fused-ring (bicyclic) bond motifs is 1. The highest BCUT2D eigenvalue weighted by atomic mass is 16.4. The van der Waals surface area contributed by atoms with Gasteiger partial charge >= 0.3 is 5.97 Å². The van der Waals surface area contributed by atoms with E-state index in [0.29, 0.717) is 6.42 Å². The third-order valence-electron chi connectivity index (χ3n) is 4.16. The van der Waals surface area contributed by atoms with Crippen molar-refractivity contribution < 1.29 is 9.90 Å². The predicted octanol–water partition coefficient (Wildman–Crippen LogP) is 3.22. The number of carboxylic acid groups (broad SMARTS) is 1. The van der Waals surface area contributed by atoms with Gasteiger partial charge in [-0.25, -0.2) is 0 Å². The van der Waals surface area contributed by atoms with Crippen LogP contribution >= 0.6 is 0 Å². The normalized spacial score (nSPS) is 12.5. The number of aromatic nitrogens is 1. The Hall–Kier alpha value is -2.14. The maximum absolute atomic E-state index is 11.4. The molecule has 0 aliphatic heterocycles. The summed E-state index contributed by atoms with van der Waals surface area (Å²) in [5.74, 6) is -0.733. The molecule has 0 unspecified atom stereocenters. The van der Waals surface area contributed by atoms with Gasteiger partial charge in [0.15, 0.2) is 0 Å². The minimum Gasteiger partial charge on any atom is -0.480 e. The van der Waals surface area contributed by atoms with Crippen LogP contribution in [0.1, 0.15) is 26.7 Å². The Morgan fingerprint density at radius 1 is 1.26 bits per heavy atom. The Labute approximate surface area is 137 Å². The van der Waals surface area contributed by atoms with E-state index in [2.05, 4.69) is 10.3 Å². The van der Waals surface area contributed by atoms with Crippen molar-refractivity contribution in [2.75, 3.05) is 25.0 Å². The van der Waals surface area contributed by atoms with E-state index in [4.69, 9.17) is 0 Å². The van der Waals surface area contributed by atoms with Crippen LogP contribution in [0.3, 0.4) is 0 Å². The molecule has 124 valence electrons. The van der Waals surface area contributed by atoms with Gasteiger partial charge in [0.05, 0.1) is 5.52 Å². The van der Waals surface area contributed by atoms with Crippen molar-refractivity contribution in [1.82, 2.24) is 9.88 Å². The van der Waals surface area contributed by atoms with Gasteiger partial charge in [-0.15, -0.1) is 0 Å². The number of nitrogens with one attached hydrogen (secondary N) is 1. The minimum atomic E-state index is -0.733. The number of benzene rings is 1. The fourth-order valence-corrected chi connectivity index (χ4v) is 2.90. The summed E-state index contributed by atoms with van der Waals surface area (Å²) in [7, 11) is 0. The lowest BCUT2D eigenvalue weighted by Crippen LogP contribution is -2.41. The topological polar surface area (TPSA) is 65.5 Å². The summed E-state index contributed by atoms with van der Waals surface area (Å²) >= 11 is 0. The molecule has 0 saturated heterocycles. The maximum Gasteiger partial charge on any atom is 0.320 e. The average Bonchev–Trinajstić information content (AvgIpc) is 2.57. The van der Waals surface area contributed by atoms with Crippen LogP contribution in [-0.4, -0.2) is 46.6 Å². The van der Waals surface area contributed by atoms with E-state index in [1.807, 2.05) is 49.1 Å². The lowest BCUT2D eigenvalue weighted by Gasteiger charge is -2.26. The minimum absolute atomic E-state index is 0.402. The van der Waals surface area contributed by atoms with Gasteiger partial charge in [-0.2, -0.15) is 0 Å². The quantitative estimate of drug-likeness (QED) is 0.696. The fraction of sp³-hybridized carbons (Fsp3) is 0.444. The van der Waals surface area contributed by atoms with Gasteiger partial charge in [0.25, 0.3) is 0 Å². The molecule has 0 radical (unpaired) electrons. The molecule has 0 saturated carbocycles. The number of pyridine rings is 1. The molecule has 2 N–H and O–H groups in total. The molecule has 23 heavy (non-hydrogen) atoms. The predicted molar refractivity (Wildman–Crippen MR) is 93.8 cm³/mol. The number of hydrogen-bond acceptors (Lipinski definition) is 4. The summed E-state index contributed by atoms with van der Waals surface area (Å²) in [6.07, 6.45) is 3.25. The molecule has 0 spiro atoms. The van der Waals surface area contributed by atoms with Crippen molar-refractivity contribution in [3.8, 4) is 0 Å². The van der Waals surface area contributed by atoms with Crippen molar-refractivity contribution in [3.63, 3.8) is 0 Å². The summed E-state index contributed by atoms with van der Waals surface area (Å²) in [5, 5.41) is 13.9. The van der Waals surface area contributed by atoms with E-state index >= 15 is 0 Å². The SMILES string of the molecule is CCN(CC)[C@@H](CCCNc1ccnc2ccccc12)C(=O)O. The highest BCUT2D eigenvalue weighted by Crippen LogP contribution is 2.21. The standard InChI is InChI=1S/C18H25N3O2/c1-3-21(4-2)17(18(22)23)10-7-12-19-16-11-13-20-15-9-6-5-8-14(15)16/h5-6,8-9,11,13,17H,3-4,7,10,12H2,1-2H3,(H,19,20)(H,22,23)/t17-/m0/s1. The van der Waals surface area contributed by atoms with E-state index < -0.39 is 12.0 Å². The van der Waals surface area contributed by atoms with Gasteiger partial charge in [0.1, 0.15) is 6.04 Å². The van der Waals surface area contributed by atoms with Crippen LogP contribution in [0.5, 0.6) is 0 Å². The Morgan fingerprint density at radius 3 is 2.70 bits per heavy atom. The molecule has 5 heteroatoms. The van der Waals surface area contributed by atoms with Crippen molar-refractivity contribution in [2.45, 2.75) is 32.7 Å². The second kappa shape index (κ2) is 8.48. The lowest BCUT2D eigenvalue weighted by atomic mass is 10.1. The number of para-hydroxylation sites is 1. The molecule has 0 bridgehead atoms. The van der Waals surface area contributed by atoms with Crippen LogP contribution in [0.25, 0.3) is 10.9 Å². The number of aliphatic carboxylic acids is 1. The number of likely N-dealkylation sites (N-methyl/N-ethyl adjacent to an activating group) is 1. The number of hydrogen-bond donors (Lipinski definition) is 2. The molecule has 1 aromatic heterocycles. The second-order valence-corrected chi connectivity index (χ2v) is 5.52. The highest BCUT2D eigenvalue weighted by molar-refractivity contribution is 5.90. The number of anilines is 1. The number of nitrogens with zero attached hydrogens (tertiary/aromatic N) is 2. The number of rotatable bonds is 9. The Kier molecular flexibility index (Phi) is 6.35. The van der Waals surface area contributed by atoms with Crippen molar-refractivity contribution in [1.29, 1.82) is 0 Å². The van der Waals surface area contributed by atoms with Crippen molar-refractivity contribution in [2.24, 2.45) is 0 Å². The second-order valence-electron chi connectivity index (χ2n) is 5.52. The summed E-state index contributed by atoms with van der Waals surface area (Å²) in [5.41, 5.74) is 2.01. The molecule has 1 atom stereocenters. The van der Waals surface area contributed by atoms with Gasteiger partial charge in [0, 0.05) is 23.8 Å².